The molecule has 0 saturated heterocycles. The number of aryl methyl sites for hydroxylation is 3. The predicted octanol–water partition coefficient (Wildman–Crippen LogP) is 2.75. The van der Waals surface area contributed by atoms with E-state index in [1.54, 1.807) is 24.1 Å². The molecule has 0 saturated carbocycles. The first-order valence-corrected chi connectivity index (χ1v) is 11.1. The Morgan fingerprint density at radius 3 is 2.71 bits per heavy atom. The molecule has 9 nitrogen and oxygen atoms in total. The first kappa shape index (κ1) is 23.6. The Morgan fingerprint density at radius 2 is 1.97 bits per heavy atom. The third kappa shape index (κ3) is 4.86. The van der Waals surface area contributed by atoms with Gasteiger partial charge in [0.25, 0.3) is 0 Å². The van der Waals surface area contributed by atoms with E-state index in [0.717, 1.165) is 16.8 Å². The molecule has 1 amide bonds. The minimum Gasteiger partial charge on any atom is -0.497 e. The van der Waals surface area contributed by atoms with E-state index in [2.05, 4.69) is 15.4 Å². The van der Waals surface area contributed by atoms with Crippen molar-refractivity contribution in [3.05, 3.63) is 59.1 Å². The van der Waals surface area contributed by atoms with Crippen LogP contribution < -0.4 is 15.0 Å². The molecule has 10 heteroatoms. The lowest BCUT2D eigenvalue weighted by Crippen LogP contribution is -2.53. The maximum absolute atomic E-state index is 13.8. The average Bonchev–Trinajstić information content (AvgIpc) is 3.25. The van der Waals surface area contributed by atoms with Crippen LogP contribution in [0.3, 0.4) is 0 Å². The van der Waals surface area contributed by atoms with Crippen LogP contribution in [0.4, 0.5) is 15.9 Å². The fourth-order valence-corrected chi connectivity index (χ4v) is 4.18. The molecular weight excluding hydrogens is 439 g/mol. The number of likely N-dealkylation sites (N-methyl/N-ethyl adjacent to an activating group) is 1. The number of fused-ring (bicyclic) bond motifs is 1. The van der Waals surface area contributed by atoms with E-state index in [9.17, 15) is 9.18 Å². The number of carbonyl (C=O) groups excluding carboxylic acids is 1. The maximum Gasteiger partial charge on any atom is 0.249 e. The van der Waals surface area contributed by atoms with Crippen LogP contribution >= 0.6 is 0 Å². The lowest BCUT2D eigenvalue weighted by Gasteiger charge is -2.37. The molecule has 180 valence electrons. The molecule has 3 heterocycles. The predicted molar refractivity (Wildman–Crippen MR) is 126 cm³/mol. The van der Waals surface area contributed by atoms with E-state index in [4.69, 9.17) is 14.5 Å². The molecule has 1 aromatic carbocycles. The standard InChI is InChI=1S/C24H29FN6O3/c1-14-21-23(30(3)22(15(2)33-4)24(32)29-21)28-20(27-14)7-6-16-11-26-31(12-16)13-17-8-18(25)10-19(9-17)34-5/h8-12,15,22H,6-7,13H2,1-5H3,(H,29,32)/t15-,22+/m1/s1. The smallest absolute Gasteiger partial charge is 0.249 e. The van der Waals surface area contributed by atoms with Crippen molar-refractivity contribution in [2.45, 2.75) is 45.4 Å². The summed E-state index contributed by atoms with van der Waals surface area (Å²) in [5.74, 6) is 1.38. The van der Waals surface area contributed by atoms with Gasteiger partial charge in [-0.25, -0.2) is 14.4 Å². The van der Waals surface area contributed by atoms with Gasteiger partial charge in [-0.3, -0.25) is 9.48 Å². The Labute approximate surface area is 197 Å². The molecule has 0 spiro atoms. The zero-order valence-electron chi connectivity index (χ0n) is 20.0. The van der Waals surface area contributed by atoms with Gasteiger partial charge in [0.1, 0.15) is 29.1 Å². The summed E-state index contributed by atoms with van der Waals surface area (Å²) in [6.45, 7) is 4.16. The van der Waals surface area contributed by atoms with E-state index in [-0.39, 0.29) is 17.8 Å². The molecule has 0 fully saturated rings. The van der Waals surface area contributed by atoms with Gasteiger partial charge in [-0.05, 0) is 43.5 Å². The largest absolute Gasteiger partial charge is 0.497 e. The summed E-state index contributed by atoms with van der Waals surface area (Å²) in [4.78, 5) is 23.8. The number of halogens is 1. The average molecular weight is 469 g/mol. The van der Waals surface area contributed by atoms with E-state index >= 15 is 0 Å². The number of nitrogens with one attached hydrogen (secondary N) is 1. The van der Waals surface area contributed by atoms with Crippen molar-refractivity contribution >= 4 is 17.4 Å². The summed E-state index contributed by atoms with van der Waals surface area (Å²) in [5.41, 5.74) is 3.15. The Morgan fingerprint density at radius 1 is 1.18 bits per heavy atom. The number of aromatic nitrogens is 4. The van der Waals surface area contributed by atoms with Crippen molar-refractivity contribution < 1.29 is 18.7 Å². The number of methoxy groups -OCH3 is 2. The number of anilines is 2. The molecule has 34 heavy (non-hydrogen) atoms. The van der Waals surface area contributed by atoms with E-state index in [1.165, 1.54) is 19.2 Å². The summed E-state index contributed by atoms with van der Waals surface area (Å²) >= 11 is 0. The van der Waals surface area contributed by atoms with Crippen LogP contribution in [0.15, 0.2) is 30.6 Å². The van der Waals surface area contributed by atoms with Gasteiger partial charge >= 0.3 is 0 Å². The SMILES string of the molecule is COc1cc(F)cc(Cn2cc(CCc3nc(C)c4c(n3)N(C)[C@@H]([C@@H](C)OC)C(=O)N4)cn2)c1. The van der Waals surface area contributed by atoms with Crippen molar-refractivity contribution in [1.82, 2.24) is 19.7 Å². The minimum atomic E-state index is -0.473. The van der Waals surface area contributed by atoms with Crippen molar-refractivity contribution in [2.75, 3.05) is 31.5 Å². The summed E-state index contributed by atoms with van der Waals surface area (Å²) in [6.07, 6.45) is 4.75. The van der Waals surface area contributed by atoms with Gasteiger partial charge < -0.3 is 19.7 Å². The van der Waals surface area contributed by atoms with Crippen LogP contribution in [0.25, 0.3) is 0 Å². The molecule has 0 bridgehead atoms. The summed E-state index contributed by atoms with van der Waals surface area (Å²) in [6, 6.07) is 4.14. The third-order valence-corrected chi connectivity index (χ3v) is 6.04. The normalized spacial score (nSPS) is 16.2. The first-order valence-electron chi connectivity index (χ1n) is 11.1. The number of benzene rings is 1. The summed E-state index contributed by atoms with van der Waals surface area (Å²) < 4.78 is 26.1. The fourth-order valence-electron chi connectivity index (χ4n) is 4.18. The van der Waals surface area contributed by atoms with E-state index in [0.29, 0.717) is 42.5 Å². The van der Waals surface area contributed by atoms with Crippen molar-refractivity contribution in [3.63, 3.8) is 0 Å². The van der Waals surface area contributed by atoms with Gasteiger partial charge in [0.2, 0.25) is 5.91 Å². The van der Waals surface area contributed by atoms with Gasteiger partial charge in [-0.2, -0.15) is 5.10 Å². The van der Waals surface area contributed by atoms with Crippen LogP contribution in [0.5, 0.6) is 5.75 Å². The van der Waals surface area contributed by atoms with Crippen molar-refractivity contribution in [2.24, 2.45) is 0 Å². The maximum atomic E-state index is 13.8. The second-order valence-corrected chi connectivity index (χ2v) is 8.46. The Kier molecular flexibility index (Phi) is 6.78. The number of carbonyl (C=O) groups is 1. The van der Waals surface area contributed by atoms with Crippen LogP contribution in [-0.4, -0.2) is 59.1 Å². The molecule has 0 aliphatic carbocycles. The van der Waals surface area contributed by atoms with Gasteiger partial charge in [0.15, 0.2) is 5.82 Å². The summed E-state index contributed by atoms with van der Waals surface area (Å²) in [7, 11) is 4.95. The molecule has 3 aromatic rings. The van der Waals surface area contributed by atoms with Gasteiger partial charge in [-0.15, -0.1) is 0 Å². The lowest BCUT2D eigenvalue weighted by atomic mass is 10.1. The molecule has 0 unspecified atom stereocenters. The molecule has 1 N–H and O–H groups in total. The van der Waals surface area contributed by atoms with Crippen molar-refractivity contribution in [3.8, 4) is 5.75 Å². The zero-order valence-corrected chi connectivity index (χ0v) is 20.0. The third-order valence-electron chi connectivity index (χ3n) is 6.04. The van der Waals surface area contributed by atoms with E-state index < -0.39 is 6.04 Å². The van der Waals surface area contributed by atoms with Crippen molar-refractivity contribution in [1.29, 1.82) is 0 Å². The number of ether oxygens (including phenoxy) is 2. The second kappa shape index (κ2) is 9.76. The topological polar surface area (TPSA) is 94.4 Å². The zero-order chi connectivity index (χ0) is 24.4. The number of rotatable bonds is 8. The highest BCUT2D eigenvalue weighted by molar-refractivity contribution is 6.03. The van der Waals surface area contributed by atoms with Gasteiger partial charge in [-0.1, -0.05) is 0 Å². The van der Waals surface area contributed by atoms with Gasteiger partial charge in [0, 0.05) is 32.8 Å². The Hall–Kier alpha value is -3.53. The van der Waals surface area contributed by atoms with Crippen LogP contribution in [0.1, 0.15) is 29.6 Å². The molecule has 1 aliphatic heterocycles. The Balaban J connectivity index is 1.47. The lowest BCUT2D eigenvalue weighted by molar-refractivity contribution is -0.120. The second-order valence-electron chi connectivity index (χ2n) is 8.46. The van der Waals surface area contributed by atoms with Crippen LogP contribution in [-0.2, 0) is 28.9 Å². The fraction of sp³-hybridized carbons (Fsp3) is 0.417. The quantitative estimate of drug-likeness (QED) is 0.543. The molecule has 2 aromatic heterocycles. The monoisotopic (exact) mass is 468 g/mol. The molecule has 1 aliphatic rings. The number of hydrogen-bond donors (Lipinski definition) is 1. The Bertz CT molecular complexity index is 1200. The first-order chi connectivity index (χ1) is 16.3. The highest BCUT2D eigenvalue weighted by atomic mass is 19.1. The number of nitrogens with zero attached hydrogens (tertiary/aromatic N) is 5. The van der Waals surface area contributed by atoms with Gasteiger partial charge in [0.05, 0.1) is 31.6 Å². The summed E-state index contributed by atoms with van der Waals surface area (Å²) in [5, 5.41) is 7.33. The molecule has 2 atom stereocenters. The molecule has 0 radical (unpaired) electrons. The molecule has 4 rings (SSSR count). The van der Waals surface area contributed by atoms with E-state index in [1.807, 2.05) is 32.0 Å². The highest BCUT2D eigenvalue weighted by Crippen LogP contribution is 2.32. The number of hydrogen-bond acceptors (Lipinski definition) is 7. The number of amides is 1. The van der Waals surface area contributed by atoms with Crippen LogP contribution in [0.2, 0.25) is 0 Å². The molecular formula is C24H29FN6O3. The highest BCUT2D eigenvalue weighted by Gasteiger charge is 2.37. The van der Waals surface area contributed by atoms with Crippen LogP contribution in [0, 0.1) is 12.7 Å². The minimum absolute atomic E-state index is 0.132.